The maximum atomic E-state index is 14.1. The van der Waals surface area contributed by atoms with Crippen LogP contribution in [-0.4, -0.2) is 44.9 Å². The van der Waals surface area contributed by atoms with E-state index in [1.54, 1.807) is 24.2 Å². The molecular weight excluding hydrogens is 538 g/mol. The first-order chi connectivity index (χ1) is 16.1. The number of carbonyl (C=O) groups excluding carboxylic acids is 1. The molecule has 3 aromatic rings. The Balaban J connectivity index is 1.42. The summed E-state index contributed by atoms with van der Waals surface area (Å²) in [6, 6.07) is 2.18. The smallest absolute Gasteiger partial charge is 0.352 e. The third kappa shape index (κ3) is 4.52. The molecule has 1 aromatic carbocycles. The molecule has 1 aliphatic heterocycles. The van der Waals surface area contributed by atoms with Crippen molar-refractivity contribution in [2.24, 2.45) is 11.8 Å². The average molecular weight is 556 g/mol. The van der Waals surface area contributed by atoms with Crippen molar-refractivity contribution >= 4 is 39.1 Å². The Hall–Kier alpha value is -2.60. The molecule has 1 saturated heterocycles. The van der Waals surface area contributed by atoms with E-state index in [-0.39, 0.29) is 28.1 Å². The Morgan fingerprint density at radius 2 is 2.00 bits per heavy atom. The van der Waals surface area contributed by atoms with Gasteiger partial charge < -0.3 is 10.2 Å². The maximum absolute atomic E-state index is 14.1. The fraction of sp³-hybridized carbons (Fsp3) is 0.364. The number of aromatic nitrogens is 3. The molecule has 1 N–H and O–H groups in total. The molecule has 0 unspecified atom stereocenters. The number of benzene rings is 1. The van der Waals surface area contributed by atoms with Gasteiger partial charge in [-0.25, -0.2) is 19.3 Å². The van der Waals surface area contributed by atoms with Crippen LogP contribution in [0.25, 0.3) is 10.4 Å². The molecule has 2 aromatic heterocycles. The Morgan fingerprint density at radius 3 is 2.71 bits per heavy atom. The summed E-state index contributed by atoms with van der Waals surface area (Å²) in [5, 5.41) is 3.67. The third-order valence-electron chi connectivity index (χ3n) is 6.08. The fourth-order valence-electron chi connectivity index (χ4n) is 4.45. The standard InChI is InChI=1S/C22H18BrF4N5OS/c1-10-31-18(19(34-10)11-2-13(22(25,26)27)5-15(24)3-11)20(33)32-9-12-4-16(12)17(32)8-30-21-28-6-14(23)7-29-21/h2-3,5-7,12,16-17H,4,8-9H2,1H3,(H,28,29,30)/t12-,16-,17+/m0/s1. The van der Waals surface area contributed by atoms with Crippen LogP contribution in [0.1, 0.15) is 27.5 Å². The Bertz CT molecular complexity index is 1250. The first-order valence-electron chi connectivity index (χ1n) is 10.5. The number of alkyl halides is 3. The van der Waals surface area contributed by atoms with Crippen LogP contribution in [0.3, 0.4) is 0 Å². The fourth-order valence-corrected chi connectivity index (χ4v) is 5.56. The van der Waals surface area contributed by atoms with E-state index < -0.39 is 17.6 Å². The van der Waals surface area contributed by atoms with Crippen molar-refractivity contribution in [1.29, 1.82) is 0 Å². The van der Waals surface area contributed by atoms with Crippen molar-refractivity contribution in [3.05, 3.63) is 57.1 Å². The minimum atomic E-state index is -4.71. The summed E-state index contributed by atoms with van der Waals surface area (Å²) in [6.45, 7) is 2.65. The van der Waals surface area contributed by atoms with Crippen molar-refractivity contribution in [2.45, 2.75) is 25.6 Å². The summed E-state index contributed by atoms with van der Waals surface area (Å²) >= 11 is 4.36. The number of halogens is 5. The molecular formula is C22H18BrF4N5OS. The number of thiazole rings is 1. The zero-order chi connectivity index (χ0) is 24.2. The lowest BCUT2D eigenvalue weighted by atomic mass is 10.1. The van der Waals surface area contributed by atoms with E-state index >= 15 is 0 Å². The van der Waals surface area contributed by atoms with E-state index in [1.165, 1.54) is 0 Å². The summed E-state index contributed by atoms with van der Waals surface area (Å²) in [7, 11) is 0. The second kappa shape index (κ2) is 8.56. The van der Waals surface area contributed by atoms with Gasteiger partial charge in [-0.2, -0.15) is 13.2 Å². The van der Waals surface area contributed by atoms with E-state index in [9.17, 15) is 22.4 Å². The first-order valence-corrected chi connectivity index (χ1v) is 12.1. The number of aryl methyl sites for hydroxylation is 1. The van der Waals surface area contributed by atoms with Crippen molar-refractivity contribution in [3.8, 4) is 10.4 Å². The SMILES string of the molecule is Cc1nc(C(=O)N2C[C@@H]3C[C@@H]3[C@H]2CNc2ncc(Br)cn2)c(-c2cc(F)cc(C(F)(F)F)c2)s1. The van der Waals surface area contributed by atoms with Crippen LogP contribution in [-0.2, 0) is 6.18 Å². The molecule has 0 bridgehead atoms. The van der Waals surface area contributed by atoms with Crippen LogP contribution in [0.5, 0.6) is 0 Å². The molecule has 5 rings (SSSR count). The van der Waals surface area contributed by atoms with Gasteiger partial charge in [-0.1, -0.05) is 0 Å². The Morgan fingerprint density at radius 1 is 1.26 bits per heavy atom. The number of nitrogens with zero attached hydrogens (tertiary/aromatic N) is 4. The topological polar surface area (TPSA) is 71.0 Å². The largest absolute Gasteiger partial charge is 0.416 e. The summed E-state index contributed by atoms with van der Waals surface area (Å²) < 4.78 is 54.5. The molecule has 0 radical (unpaired) electrons. The number of likely N-dealkylation sites (tertiary alicyclic amines) is 1. The molecule has 3 heterocycles. The molecule has 0 spiro atoms. The van der Waals surface area contributed by atoms with E-state index in [0.29, 0.717) is 41.9 Å². The summed E-state index contributed by atoms with van der Waals surface area (Å²) in [5.41, 5.74) is -1.07. The van der Waals surface area contributed by atoms with Crippen LogP contribution >= 0.6 is 27.3 Å². The Kier molecular flexibility index (Phi) is 5.83. The molecule has 3 atom stereocenters. The van der Waals surface area contributed by atoms with Gasteiger partial charge in [0.1, 0.15) is 11.5 Å². The summed E-state index contributed by atoms with van der Waals surface area (Å²) in [4.78, 5) is 28.2. The lowest BCUT2D eigenvalue weighted by molar-refractivity contribution is -0.137. The monoisotopic (exact) mass is 555 g/mol. The molecule has 6 nitrogen and oxygen atoms in total. The van der Waals surface area contributed by atoms with Crippen molar-refractivity contribution in [1.82, 2.24) is 19.9 Å². The third-order valence-corrected chi connectivity index (χ3v) is 7.51. The zero-order valence-electron chi connectivity index (χ0n) is 17.7. The van der Waals surface area contributed by atoms with Gasteiger partial charge in [0.05, 0.1) is 26.0 Å². The molecule has 178 valence electrons. The van der Waals surface area contributed by atoms with Gasteiger partial charge in [0.15, 0.2) is 0 Å². The summed E-state index contributed by atoms with van der Waals surface area (Å²) in [6.07, 6.45) is -0.460. The zero-order valence-corrected chi connectivity index (χ0v) is 20.1. The van der Waals surface area contributed by atoms with Crippen LogP contribution in [0.15, 0.2) is 35.1 Å². The number of carbonyl (C=O) groups is 1. The molecule has 1 saturated carbocycles. The average Bonchev–Trinajstić information content (AvgIpc) is 3.29. The maximum Gasteiger partial charge on any atom is 0.416 e. The number of piperidine rings is 1. The number of anilines is 1. The van der Waals surface area contributed by atoms with Gasteiger partial charge >= 0.3 is 6.18 Å². The number of amides is 1. The molecule has 1 amide bonds. The van der Waals surface area contributed by atoms with Gasteiger partial charge in [0, 0.05) is 25.5 Å². The molecule has 1 aliphatic carbocycles. The van der Waals surface area contributed by atoms with Crippen LogP contribution < -0.4 is 5.32 Å². The second-order valence-electron chi connectivity index (χ2n) is 8.43. The number of rotatable bonds is 5. The lowest BCUT2D eigenvalue weighted by Gasteiger charge is -2.27. The Labute approximate surface area is 204 Å². The van der Waals surface area contributed by atoms with Gasteiger partial charge in [0.2, 0.25) is 5.95 Å². The minimum Gasteiger partial charge on any atom is -0.352 e. The van der Waals surface area contributed by atoms with Gasteiger partial charge in [-0.05, 0) is 64.9 Å². The highest BCUT2D eigenvalue weighted by atomic mass is 79.9. The highest BCUT2D eigenvalue weighted by Crippen LogP contribution is 2.50. The van der Waals surface area contributed by atoms with Crippen LogP contribution in [0, 0.1) is 24.6 Å². The number of fused-ring (bicyclic) bond motifs is 1. The van der Waals surface area contributed by atoms with Crippen molar-refractivity contribution in [2.75, 3.05) is 18.4 Å². The summed E-state index contributed by atoms with van der Waals surface area (Å²) in [5.74, 6) is -0.234. The van der Waals surface area contributed by atoms with Crippen molar-refractivity contribution < 1.29 is 22.4 Å². The van der Waals surface area contributed by atoms with Crippen molar-refractivity contribution in [3.63, 3.8) is 0 Å². The van der Waals surface area contributed by atoms with E-state index in [0.717, 1.165) is 34.4 Å². The van der Waals surface area contributed by atoms with E-state index in [1.807, 2.05) is 0 Å². The molecule has 34 heavy (non-hydrogen) atoms. The van der Waals surface area contributed by atoms with Gasteiger partial charge in [-0.3, -0.25) is 4.79 Å². The van der Waals surface area contributed by atoms with Crippen LogP contribution in [0.2, 0.25) is 0 Å². The first kappa shape index (κ1) is 23.2. The number of hydrogen-bond donors (Lipinski definition) is 1. The van der Waals surface area contributed by atoms with Gasteiger partial charge in [0.25, 0.3) is 5.91 Å². The van der Waals surface area contributed by atoms with E-state index in [4.69, 9.17) is 0 Å². The van der Waals surface area contributed by atoms with E-state index in [2.05, 4.69) is 36.2 Å². The molecule has 2 fully saturated rings. The second-order valence-corrected chi connectivity index (χ2v) is 10.5. The van der Waals surface area contributed by atoms with Gasteiger partial charge in [-0.15, -0.1) is 11.3 Å². The normalized spacial score (nSPS) is 21.5. The minimum absolute atomic E-state index is 0.0106. The highest BCUT2D eigenvalue weighted by molar-refractivity contribution is 9.10. The number of nitrogens with one attached hydrogen (secondary N) is 1. The highest BCUT2D eigenvalue weighted by Gasteiger charge is 2.54. The molecule has 2 aliphatic rings. The lowest BCUT2D eigenvalue weighted by Crippen LogP contribution is -2.42. The predicted molar refractivity (Wildman–Crippen MR) is 122 cm³/mol. The van der Waals surface area contributed by atoms with Crippen LogP contribution in [0.4, 0.5) is 23.5 Å². The number of hydrogen-bond acceptors (Lipinski definition) is 6. The molecule has 12 heteroatoms. The quantitative estimate of drug-likeness (QED) is 0.427. The predicted octanol–water partition coefficient (Wildman–Crippen LogP) is 5.40.